The predicted molar refractivity (Wildman–Crippen MR) is 80.7 cm³/mol. The number of rotatable bonds is 7. The third-order valence-electron chi connectivity index (χ3n) is 4.16. The minimum atomic E-state index is -0.673. The van der Waals surface area contributed by atoms with E-state index in [1.165, 1.54) is 0 Å². The number of ether oxygens (including phenoxy) is 2. The van der Waals surface area contributed by atoms with Crippen molar-refractivity contribution in [1.82, 2.24) is 5.32 Å². The van der Waals surface area contributed by atoms with Crippen LogP contribution in [-0.2, 0) is 0 Å². The van der Waals surface area contributed by atoms with E-state index in [0.29, 0.717) is 29.5 Å². The molecule has 0 aliphatic heterocycles. The molecule has 3 unspecified atom stereocenters. The first-order valence-electron chi connectivity index (χ1n) is 7.44. The van der Waals surface area contributed by atoms with Gasteiger partial charge >= 0.3 is 0 Å². The zero-order valence-electron chi connectivity index (χ0n) is 12.7. The van der Waals surface area contributed by atoms with Crippen LogP contribution in [-0.4, -0.2) is 43.6 Å². The minimum absolute atomic E-state index is 0.207. The second-order valence-corrected chi connectivity index (χ2v) is 5.54. The van der Waals surface area contributed by atoms with Gasteiger partial charge in [0, 0.05) is 18.7 Å². The van der Waals surface area contributed by atoms with Crippen molar-refractivity contribution in [2.75, 3.05) is 27.3 Å². The first kappa shape index (κ1) is 16.1. The highest BCUT2D eigenvalue weighted by molar-refractivity contribution is 5.41. The molecule has 5 nitrogen and oxygen atoms in total. The predicted octanol–water partition coefficient (Wildman–Crippen LogP) is 1.49. The Morgan fingerprint density at radius 2 is 2.10 bits per heavy atom. The van der Waals surface area contributed by atoms with Gasteiger partial charge < -0.3 is 25.0 Å². The lowest BCUT2D eigenvalue weighted by Crippen LogP contribution is -2.30. The number of hydrogen-bond acceptors (Lipinski definition) is 5. The Hall–Kier alpha value is -1.30. The van der Waals surface area contributed by atoms with Gasteiger partial charge in [0.2, 0.25) is 0 Å². The first-order chi connectivity index (χ1) is 10.2. The maximum absolute atomic E-state index is 10.3. The zero-order chi connectivity index (χ0) is 15.2. The Morgan fingerprint density at radius 1 is 1.29 bits per heavy atom. The molecule has 0 heterocycles. The summed E-state index contributed by atoms with van der Waals surface area (Å²) in [5.74, 6) is 1.63. The van der Waals surface area contributed by atoms with Crippen LogP contribution in [0.1, 0.15) is 30.9 Å². The maximum atomic E-state index is 10.3. The SMILES string of the molecule is COc1ccc(OC)c(C(O)CNCC2CCCC2O)c1. The molecule has 118 valence electrons. The van der Waals surface area contributed by atoms with Gasteiger partial charge in [-0.1, -0.05) is 6.42 Å². The molecule has 5 heteroatoms. The lowest BCUT2D eigenvalue weighted by atomic mass is 10.1. The lowest BCUT2D eigenvalue weighted by Gasteiger charge is -2.19. The monoisotopic (exact) mass is 295 g/mol. The van der Waals surface area contributed by atoms with Crippen LogP contribution in [0, 0.1) is 5.92 Å². The maximum Gasteiger partial charge on any atom is 0.124 e. The van der Waals surface area contributed by atoms with Crippen LogP contribution in [0.2, 0.25) is 0 Å². The van der Waals surface area contributed by atoms with Crippen molar-refractivity contribution in [3.05, 3.63) is 23.8 Å². The molecule has 1 aromatic carbocycles. The summed E-state index contributed by atoms with van der Waals surface area (Å²) in [5, 5.41) is 23.4. The highest BCUT2D eigenvalue weighted by Gasteiger charge is 2.25. The van der Waals surface area contributed by atoms with E-state index >= 15 is 0 Å². The fraction of sp³-hybridized carbons (Fsp3) is 0.625. The van der Waals surface area contributed by atoms with Crippen LogP contribution < -0.4 is 14.8 Å². The van der Waals surface area contributed by atoms with Crippen molar-refractivity contribution in [1.29, 1.82) is 0 Å². The number of methoxy groups -OCH3 is 2. The van der Waals surface area contributed by atoms with Gasteiger partial charge in [0.25, 0.3) is 0 Å². The quantitative estimate of drug-likeness (QED) is 0.711. The molecule has 0 bridgehead atoms. The molecule has 2 rings (SSSR count). The molecule has 1 saturated carbocycles. The molecule has 0 spiro atoms. The summed E-state index contributed by atoms with van der Waals surface area (Å²) in [6, 6.07) is 5.38. The van der Waals surface area contributed by atoms with Crippen molar-refractivity contribution in [3.8, 4) is 11.5 Å². The molecule has 21 heavy (non-hydrogen) atoms. The van der Waals surface area contributed by atoms with Crippen LogP contribution in [0.25, 0.3) is 0 Å². The standard InChI is InChI=1S/C16H25NO4/c1-20-12-6-7-16(21-2)13(8-12)15(19)10-17-9-11-4-3-5-14(11)18/h6-8,11,14-15,17-19H,3-5,9-10H2,1-2H3. The molecular weight excluding hydrogens is 270 g/mol. The Bertz CT molecular complexity index is 452. The van der Waals surface area contributed by atoms with Crippen molar-refractivity contribution >= 4 is 0 Å². The number of benzene rings is 1. The summed E-state index contributed by atoms with van der Waals surface area (Å²) in [5.41, 5.74) is 0.705. The van der Waals surface area contributed by atoms with Gasteiger partial charge in [0.15, 0.2) is 0 Å². The largest absolute Gasteiger partial charge is 0.497 e. The fourth-order valence-electron chi connectivity index (χ4n) is 2.87. The highest BCUT2D eigenvalue weighted by Crippen LogP contribution is 2.29. The first-order valence-corrected chi connectivity index (χ1v) is 7.44. The molecule has 0 aromatic heterocycles. The van der Waals surface area contributed by atoms with Crippen molar-refractivity contribution < 1.29 is 19.7 Å². The van der Waals surface area contributed by atoms with E-state index in [0.717, 1.165) is 25.8 Å². The zero-order valence-corrected chi connectivity index (χ0v) is 12.7. The summed E-state index contributed by atoms with van der Waals surface area (Å²) in [4.78, 5) is 0. The van der Waals surface area contributed by atoms with Crippen molar-refractivity contribution in [2.45, 2.75) is 31.5 Å². The third kappa shape index (κ3) is 4.09. The molecule has 1 aromatic rings. The molecule has 0 saturated heterocycles. The second-order valence-electron chi connectivity index (χ2n) is 5.54. The van der Waals surface area contributed by atoms with Gasteiger partial charge in [-0.25, -0.2) is 0 Å². The summed E-state index contributed by atoms with van der Waals surface area (Å²) < 4.78 is 10.5. The van der Waals surface area contributed by atoms with Crippen LogP contribution in [0.4, 0.5) is 0 Å². The van der Waals surface area contributed by atoms with E-state index in [-0.39, 0.29) is 6.10 Å². The second kappa shape index (κ2) is 7.64. The topological polar surface area (TPSA) is 71.0 Å². The van der Waals surface area contributed by atoms with Crippen molar-refractivity contribution in [3.63, 3.8) is 0 Å². The van der Waals surface area contributed by atoms with Crippen LogP contribution in [0.15, 0.2) is 18.2 Å². The smallest absolute Gasteiger partial charge is 0.124 e. The molecule has 1 aliphatic carbocycles. The highest BCUT2D eigenvalue weighted by atomic mass is 16.5. The molecular formula is C16H25NO4. The number of hydrogen-bond donors (Lipinski definition) is 3. The summed E-state index contributed by atoms with van der Waals surface area (Å²) in [6.07, 6.45) is 2.14. The van der Waals surface area contributed by atoms with E-state index in [9.17, 15) is 10.2 Å². The number of aliphatic hydroxyl groups excluding tert-OH is 2. The molecule has 3 atom stereocenters. The van der Waals surface area contributed by atoms with E-state index in [4.69, 9.17) is 9.47 Å². The van der Waals surface area contributed by atoms with E-state index in [1.54, 1.807) is 32.4 Å². The van der Waals surface area contributed by atoms with Gasteiger partial charge in [-0.05, 0) is 37.0 Å². The fourth-order valence-corrected chi connectivity index (χ4v) is 2.87. The Morgan fingerprint density at radius 3 is 2.71 bits per heavy atom. The van der Waals surface area contributed by atoms with Gasteiger partial charge in [-0.3, -0.25) is 0 Å². The number of aliphatic hydroxyl groups is 2. The normalized spacial score (nSPS) is 23.0. The molecule has 0 amide bonds. The van der Waals surface area contributed by atoms with Crippen molar-refractivity contribution in [2.24, 2.45) is 5.92 Å². The minimum Gasteiger partial charge on any atom is -0.497 e. The van der Waals surface area contributed by atoms with Crippen LogP contribution in [0.5, 0.6) is 11.5 Å². The molecule has 1 aliphatic rings. The van der Waals surface area contributed by atoms with Gasteiger partial charge in [0.05, 0.1) is 26.4 Å². The lowest BCUT2D eigenvalue weighted by molar-refractivity contribution is 0.124. The molecule has 0 radical (unpaired) electrons. The van der Waals surface area contributed by atoms with Gasteiger partial charge in [-0.2, -0.15) is 0 Å². The average Bonchev–Trinajstić information content (AvgIpc) is 2.91. The summed E-state index contributed by atoms with van der Waals surface area (Å²) in [6.45, 7) is 1.15. The summed E-state index contributed by atoms with van der Waals surface area (Å²) in [7, 11) is 3.18. The third-order valence-corrected chi connectivity index (χ3v) is 4.16. The van der Waals surface area contributed by atoms with E-state index in [1.807, 2.05) is 0 Å². The van der Waals surface area contributed by atoms with E-state index in [2.05, 4.69) is 5.32 Å². The van der Waals surface area contributed by atoms with Crippen LogP contribution in [0.3, 0.4) is 0 Å². The average molecular weight is 295 g/mol. The van der Waals surface area contributed by atoms with Gasteiger partial charge in [0.1, 0.15) is 11.5 Å². The summed E-state index contributed by atoms with van der Waals surface area (Å²) >= 11 is 0. The van der Waals surface area contributed by atoms with E-state index < -0.39 is 6.10 Å². The van der Waals surface area contributed by atoms with Crippen LogP contribution >= 0.6 is 0 Å². The van der Waals surface area contributed by atoms with Gasteiger partial charge in [-0.15, -0.1) is 0 Å². The number of nitrogens with one attached hydrogen (secondary N) is 1. The molecule has 3 N–H and O–H groups in total. The Kier molecular flexibility index (Phi) is 5.85. The Labute approximate surface area is 125 Å². The molecule has 1 fully saturated rings. The Balaban J connectivity index is 1.91.